The van der Waals surface area contributed by atoms with Crippen molar-refractivity contribution in [1.29, 1.82) is 0 Å². The van der Waals surface area contributed by atoms with E-state index in [-0.39, 0.29) is 42.1 Å². The number of anilines is 2. The minimum absolute atomic E-state index is 0.00392. The molecule has 3 aliphatic rings. The highest BCUT2D eigenvalue weighted by Crippen LogP contribution is 2.68. The molecule has 0 bridgehead atoms. The number of amides is 1. The third kappa shape index (κ3) is 7.23. The van der Waals surface area contributed by atoms with E-state index in [1.807, 2.05) is 0 Å². The number of para-hydroxylation sites is 1. The minimum atomic E-state index is -5.07. The number of sulfonamides is 1. The van der Waals surface area contributed by atoms with E-state index in [1.54, 1.807) is 31.3 Å². The third-order valence-electron chi connectivity index (χ3n) is 10.8. The Morgan fingerprint density at radius 2 is 1.80 bits per heavy atom. The van der Waals surface area contributed by atoms with Gasteiger partial charge in [-0.2, -0.15) is 32.1 Å². The topological polar surface area (TPSA) is 169 Å². The van der Waals surface area contributed by atoms with E-state index < -0.39 is 86.6 Å². The van der Waals surface area contributed by atoms with E-state index in [9.17, 15) is 40.3 Å². The molecular formula is C37H32F7N9O4S2. The van der Waals surface area contributed by atoms with Gasteiger partial charge < -0.3 is 15.7 Å². The summed E-state index contributed by atoms with van der Waals surface area (Å²) < 4.78 is 132. The molecule has 1 unspecified atom stereocenters. The van der Waals surface area contributed by atoms with E-state index in [4.69, 9.17) is 4.98 Å². The molecule has 2 saturated carbocycles. The van der Waals surface area contributed by atoms with Gasteiger partial charge in [-0.3, -0.25) is 18.9 Å². The van der Waals surface area contributed by atoms with Crippen LogP contribution in [-0.4, -0.2) is 67.4 Å². The van der Waals surface area contributed by atoms with Crippen molar-refractivity contribution >= 4 is 59.5 Å². The lowest BCUT2D eigenvalue weighted by atomic mass is 9.94. The predicted octanol–water partition coefficient (Wildman–Crippen LogP) is 6.36. The van der Waals surface area contributed by atoms with Crippen LogP contribution in [0.1, 0.15) is 59.4 Å². The number of halogens is 7. The van der Waals surface area contributed by atoms with Gasteiger partial charge in [-0.05, 0) is 61.4 Å². The van der Waals surface area contributed by atoms with Crippen LogP contribution < -0.4 is 15.4 Å². The maximum absolute atomic E-state index is 15.4. The Labute approximate surface area is 333 Å². The first-order valence-electron chi connectivity index (χ1n) is 18.2. The van der Waals surface area contributed by atoms with Crippen molar-refractivity contribution in [2.45, 2.75) is 61.9 Å². The van der Waals surface area contributed by atoms with Gasteiger partial charge in [-0.15, -0.1) is 0 Å². The van der Waals surface area contributed by atoms with Crippen LogP contribution in [0.3, 0.4) is 0 Å². The Hall–Kier alpha value is -5.35. The summed E-state index contributed by atoms with van der Waals surface area (Å²) in [6.45, 7) is -0.862. The fraction of sp³-hybridized carbons (Fsp3) is 0.378. The zero-order chi connectivity index (χ0) is 42.0. The first-order chi connectivity index (χ1) is 27.7. The van der Waals surface area contributed by atoms with Crippen molar-refractivity contribution in [2.75, 3.05) is 22.8 Å². The number of carbonyl (C=O) groups excluding carboxylic acids is 1. The van der Waals surface area contributed by atoms with E-state index in [1.165, 1.54) is 16.0 Å². The van der Waals surface area contributed by atoms with Gasteiger partial charge in [0.05, 0.1) is 33.8 Å². The quantitative estimate of drug-likeness (QED) is 0.102. The standard InChI is InChI=1S/C37H32F7N9O4S2/c1-52-29-19(4-3-5-20(29)32(50-52)51-59(2,56)57)21-13-25-33(48-34(58-25)45-15-35(55)6-7-35)47-28(21)24(10-16-8-17(38)11-18(39)9-16)46-26(54)14-53-31-27(30(49-53)37(42,43)44)22-12-23(22)36(31,40)41/h3-5,8-9,11,13,22-24,55H,6-7,10,12,14-15H2,1-2H3,(H,46,54)(H,50,51)(H,45,47,48)/t22?,23-,24+/m1/s1. The van der Waals surface area contributed by atoms with Crippen LogP contribution in [0.25, 0.3) is 32.4 Å². The Kier molecular flexibility index (Phi) is 8.84. The van der Waals surface area contributed by atoms with Crippen LogP contribution >= 0.6 is 11.3 Å². The highest BCUT2D eigenvalue weighted by molar-refractivity contribution is 7.92. The van der Waals surface area contributed by atoms with Gasteiger partial charge in [0.1, 0.15) is 23.9 Å². The van der Waals surface area contributed by atoms with Crippen LogP contribution in [-0.2, 0) is 46.9 Å². The Morgan fingerprint density at radius 1 is 1.07 bits per heavy atom. The number of carbonyl (C=O) groups is 1. The average molecular weight is 864 g/mol. The fourth-order valence-corrected chi connectivity index (χ4v) is 9.30. The number of thiazole rings is 1. The molecule has 0 radical (unpaired) electrons. The summed E-state index contributed by atoms with van der Waals surface area (Å²) in [5.74, 6) is -9.01. The second kappa shape index (κ2) is 13.3. The largest absolute Gasteiger partial charge is 0.435 e. The molecule has 1 amide bonds. The lowest BCUT2D eigenvalue weighted by Gasteiger charge is -2.23. The van der Waals surface area contributed by atoms with Gasteiger partial charge in [-0.1, -0.05) is 23.5 Å². The number of pyridine rings is 1. The van der Waals surface area contributed by atoms with Crippen molar-refractivity contribution in [3.05, 3.63) is 82.3 Å². The number of benzene rings is 2. The lowest BCUT2D eigenvalue weighted by Crippen LogP contribution is -2.35. The molecule has 9 rings (SSSR count). The summed E-state index contributed by atoms with van der Waals surface area (Å²) in [5, 5.41) is 24.8. The van der Waals surface area contributed by atoms with Gasteiger partial charge in [0.15, 0.2) is 22.3 Å². The summed E-state index contributed by atoms with van der Waals surface area (Å²) in [6.07, 6.45) is -3.42. The van der Waals surface area contributed by atoms with Crippen molar-refractivity contribution < 1.29 is 49.1 Å². The maximum atomic E-state index is 15.4. The smallest absolute Gasteiger partial charge is 0.388 e. The van der Waals surface area contributed by atoms with E-state index in [0.717, 1.165) is 18.4 Å². The molecule has 59 heavy (non-hydrogen) atoms. The lowest BCUT2D eigenvalue weighted by molar-refractivity contribution is -0.142. The van der Waals surface area contributed by atoms with Gasteiger partial charge in [0, 0.05) is 47.7 Å². The number of nitrogens with one attached hydrogen (secondary N) is 3. The molecule has 3 aliphatic carbocycles. The van der Waals surface area contributed by atoms with Crippen LogP contribution in [0.15, 0.2) is 42.5 Å². The number of hydrogen-bond acceptors (Lipinski definition) is 10. The molecule has 0 saturated heterocycles. The monoisotopic (exact) mass is 863 g/mol. The molecule has 13 nitrogen and oxygen atoms in total. The highest BCUT2D eigenvalue weighted by Gasteiger charge is 2.68. The molecular weight excluding hydrogens is 832 g/mol. The van der Waals surface area contributed by atoms with Crippen molar-refractivity contribution in [1.82, 2.24) is 34.8 Å². The molecule has 2 fully saturated rings. The summed E-state index contributed by atoms with van der Waals surface area (Å²) in [6, 6.07) is 7.92. The molecule has 0 spiro atoms. The summed E-state index contributed by atoms with van der Waals surface area (Å²) in [5.41, 5.74) is -2.64. The number of fused-ring (bicyclic) bond motifs is 5. The number of hydrogen-bond donors (Lipinski definition) is 4. The second-order valence-electron chi connectivity index (χ2n) is 15.3. The van der Waals surface area contributed by atoms with E-state index >= 15 is 8.78 Å². The molecule has 22 heteroatoms. The molecule has 4 heterocycles. The van der Waals surface area contributed by atoms with Crippen molar-refractivity contribution in [2.24, 2.45) is 13.0 Å². The SMILES string of the molecule is Cn1nc(NS(C)(=O)=O)c2cccc(-c3cc4sc(NCC5(O)CC5)nc4nc3[C@H](Cc3cc(F)cc(F)c3)NC(=O)Cn3nc(C(F)(F)F)c4c3C(F)(F)[C@@H]3CC43)c21. The number of aliphatic hydroxyl groups is 1. The predicted molar refractivity (Wildman–Crippen MR) is 201 cm³/mol. The molecule has 4 aromatic heterocycles. The second-order valence-corrected chi connectivity index (χ2v) is 18.1. The minimum Gasteiger partial charge on any atom is -0.388 e. The zero-order valence-corrected chi connectivity index (χ0v) is 32.5. The molecule has 0 aliphatic heterocycles. The van der Waals surface area contributed by atoms with Gasteiger partial charge in [0.2, 0.25) is 15.9 Å². The number of aromatic nitrogens is 6. The van der Waals surface area contributed by atoms with Crippen LogP contribution in [0.4, 0.5) is 41.7 Å². The summed E-state index contributed by atoms with van der Waals surface area (Å²) in [4.78, 5) is 23.4. The van der Waals surface area contributed by atoms with Crippen LogP contribution in [0.2, 0.25) is 0 Å². The normalized spacial score (nSPS) is 19.4. The van der Waals surface area contributed by atoms with E-state index in [2.05, 4.69) is 30.5 Å². The number of rotatable bonds is 12. The first-order valence-corrected chi connectivity index (χ1v) is 20.9. The third-order valence-corrected chi connectivity index (χ3v) is 12.3. The maximum Gasteiger partial charge on any atom is 0.435 e. The Balaban J connectivity index is 1.18. The first kappa shape index (κ1) is 39.1. The summed E-state index contributed by atoms with van der Waals surface area (Å²) in [7, 11) is -2.22. The van der Waals surface area contributed by atoms with Gasteiger partial charge >= 0.3 is 6.18 Å². The van der Waals surface area contributed by atoms with Gasteiger partial charge in [0.25, 0.3) is 5.92 Å². The number of nitrogens with zero attached hydrogens (tertiary/aromatic N) is 6. The summed E-state index contributed by atoms with van der Waals surface area (Å²) >= 11 is 1.19. The van der Waals surface area contributed by atoms with Crippen LogP contribution in [0, 0.1) is 17.6 Å². The van der Waals surface area contributed by atoms with Crippen molar-refractivity contribution in [3.8, 4) is 11.1 Å². The molecule has 6 aromatic rings. The average Bonchev–Trinajstić information content (AvgIpc) is 3.93. The molecule has 2 aromatic carbocycles. The van der Waals surface area contributed by atoms with Crippen LogP contribution in [0.5, 0.6) is 0 Å². The van der Waals surface area contributed by atoms with E-state index in [0.29, 0.717) is 55.5 Å². The fourth-order valence-electron chi connectivity index (χ4n) is 7.95. The molecule has 3 atom stereocenters. The number of aryl methyl sites for hydroxylation is 1. The zero-order valence-electron chi connectivity index (χ0n) is 30.8. The Morgan fingerprint density at radius 3 is 2.47 bits per heavy atom. The van der Waals surface area contributed by atoms with Crippen molar-refractivity contribution in [3.63, 3.8) is 0 Å². The molecule has 310 valence electrons. The Bertz CT molecular complexity index is 2810. The molecule has 4 N–H and O–H groups in total. The number of alkyl halides is 5. The highest BCUT2D eigenvalue weighted by atomic mass is 32.2. The van der Waals surface area contributed by atoms with Gasteiger partial charge in [-0.25, -0.2) is 27.2 Å².